The summed E-state index contributed by atoms with van der Waals surface area (Å²) in [5.41, 5.74) is 0.888. The van der Waals surface area contributed by atoms with Gasteiger partial charge in [-0.05, 0) is 42.7 Å². The lowest BCUT2D eigenvalue weighted by Gasteiger charge is -2.17. The molecule has 1 unspecified atom stereocenters. The Morgan fingerprint density at radius 3 is 2.24 bits per heavy atom. The van der Waals surface area contributed by atoms with Gasteiger partial charge in [0.05, 0.1) is 5.56 Å². The largest absolute Gasteiger partial charge is 0.419 e. The summed E-state index contributed by atoms with van der Waals surface area (Å²) in [6.45, 7) is 3.64. The SMILES string of the molecule is Cc1ccc(C(O)c2ccc(F)c(C(F)(F)F)c2)c(C)c1. The number of halogens is 4. The Kier molecular flexibility index (Phi) is 4.05. The fourth-order valence-electron chi connectivity index (χ4n) is 2.24. The predicted molar refractivity (Wildman–Crippen MR) is 71.4 cm³/mol. The Balaban J connectivity index is 2.46. The number of aryl methyl sites for hydroxylation is 2. The van der Waals surface area contributed by atoms with Crippen LogP contribution in [0.4, 0.5) is 17.6 Å². The van der Waals surface area contributed by atoms with Crippen LogP contribution in [0.15, 0.2) is 36.4 Å². The minimum absolute atomic E-state index is 0.00989. The van der Waals surface area contributed by atoms with E-state index < -0.39 is 23.7 Å². The molecule has 0 aromatic heterocycles. The van der Waals surface area contributed by atoms with E-state index in [0.29, 0.717) is 11.6 Å². The van der Waals surface area contributed by atoms with Gasteiger partial charge < -0.3 is 5.11 Å². The molecule has 0 saturated carbocycles. The molecule has 2 rings (SSSR count). The summed E-state index contributed by atoms with van der Waals surface area (Å²) in [4.78, 5) is 0. The molecule has 0 aliphatic heterocycles. The lowest BCUT2D eigenvalue weighted by atomic mass is 9.95. The second-order valence-corrected chi connectivity index (χ2v) is 5.00. The van der Waals surface area contributed by atoms with E-state index in [1.807, 2.05) is 13.0 Å². The van der Waals surface area contributed by atoms with Crippen molar-refractivity contribution in [1.29, 1.82) is 0 Å². The Labute approximate surface area is 119 Å². The quantitative estimate of drug-likeness (QED) is 0.807. The van der Waals surface area contributed by atoms with Crippen molar-refractivity contribution in [1.82, 2.24) is 0 Å². The van der Waals surface area contributed by atoms with Crippen molar-refractivity contribution in [2.45, 2.75) is 26.1 Å². The fraction of sp³-hybridized carbons (Fsp3) is 0.250. The lowest BCUT2D eigenvalue weighted by Crippen LogP contribution is -2.10. The second-order valence-electron chi connectivity index (χ2n) is 5.00. The molecule has 0 aliphatic rings. The van der Waals surface area contributed by atoms with E-state index in [9.17, 15) is 22.7 Å². The molecule has 0 aliphatic carbocycles. The second kappa shape index (κ2) is 5.48. The van der Waals surface area contributed by atoms with Crippen LogP contribution in [0.25, 0.3) is 0 Å². The van der Waals surface area contributed by atoms with Crippen molar-refractivity contribution in [3.05, 3.63) is 70.0 Å². The molecule has 0 fully saturated rings. The summed E-state index contributed by atoms with van der Waals surface area (Å²) < 4.78 is 51.4. The fourth-order valence-corrected chi connectivity index (χ4v) is 2.24. The van der Waals surface area contributed by atoms with Gasteiger partial charge in [0.25, 0.3) is 0 Å². The third-order valence-corrected chi connectivity index (χ3v) is 3.33. The molecule has 1 N–H and O–H groups in total. The highest BCUT2D eigenvalue weighted by atomic mass is 19.4. The van der Waals surface area contributed by atoms with Gasteiger partial charge in [0.2, 0.25) is 0 Å². The zero-order valence-corrected chi connectivity index (χ0v) is 11.5. The van der Waals surface area contributed by atoms with Gasteiger partial charge in [-0.25, -0.2) is 4.39 Å². The molecule has 5 heteroatoms. The summed E-state index contributed by atoms with van der Waals surface area (Å²) in [6.07, 6.45) is -6.02. The van der Waals surface area contributed by atoms with Crippen molar-refractivity contribution in [2.24, 2.45) is 0 Å². The van der Waals surface area contributed by atoms with Crippen LogP contribution in [0.1, 0.15) is 33.9 Å². The van der Waals surface area contributed by atoms with Crippen LogP contribution < -0.4 is 0 Å². The molecular formula is C16H14F4O. The molecule has 0 spiro atoms. The first-order valence-electron chi connectivity index (χ1n) is 6.32. The number of hydrogen-bond donors (Lipinski definition) is 1. The van der Waals surface area contributed by atoms with E-state index in [4.69, 9.17) is 0 Å². The standard InChI is InChI=1S/C16H14F4O/c1-9-3-5-12(10(2)7-9)15(21)11-4-6-14(17)13(8-11)16(18,19)20/h3-8,15,21H,1-2H3. The molecule has 112 valence electrons. The minimum atomic E-state index is -4.79. The zero-order chi connectivity index (χ0) is 15.8. The Morgan fingerprint density at radius 2 is 1.67 bits per heavy atom. The van der Waals surface area contributed by atoms with Crippen molar-refractivity contribution in [3.8, 4) is 0 Å². The average Bonchev–Trinajstić information content (AvgIpc) is 2.37. The molecule has 1 atom stereocenters. The number of benzene rings is 2. The molecule has 0 radical (unpaired) electrons. The summed E-state index contributed by atoms with van der Waals surface area (Å²) in [7, 11) is 0. The number of aliphatic hydroxyl groups is 1. The topological polar surface area (TPSA) is 20.2 Å². The van der Waals surface area contributed by atoms with Crippen molar-refractivity contribution in [2.75, 3.05) is 0 Å². The highest BCUT2D eigenvalue weighted by Crippen LogP contribution is 2.34. The van der Waals surface area contributed by atoms with Crippen LogP contribution in [-0.2, 0) is 6.18 Å². The van der Waals surface area contributed by atoms with Gasteiger partial charge in [-0.3, -0.25) is 0 Å². The number of hydrogen-bond acceptors (Lipinski definition) is 1. The Morgan fingerprint density at radius 1 is 1.00 bits per heavy atom. The first-order chi connectivity index (χ1) is 9.70. The number of alkyl halides is 3. The smallest absolute Gasteiger partial charge is 0.384 e. The van der Waals surface area contributed by atoms with E-state index in [1.165, 1.54) is 0 Å². The minimum Gasteiger partial charge on any atom is -0.384 e. The van der Waals surface area contributed by atoms with E-state index >= 15 is 0 Å². The maximum absolute atomic E-state index is 13.3. The van der Waals surface area contributed by atoms with Crippen molar-refractivity contribution in [3.63, 3.8) is 0 Å². The molecule has 2 aromatic rings. The van der Waals surface area contributed by atoms with Crippen LogP contribution in [0.3, 0.4) is 0 Å². The monoisotopic (exact) mass is 298 g/mol. The van der Waals surface area contributed by atoms with Crippen molar-refractivity contribution >= 4 is 0 Å². The van der Waals surface area contributed by atoms with Crippen LogP contribution in [-0.4, -0.2) is 5.11 Å². The maximum atomic E-state index is 13.3. The number of rotatable bonds is 2. The average molecular weight is 298 g/mol. The molecule has 21 heavy (non-hydrogen) atoms. The summed E-state index contributed by atoms with van der Waals surface area (Å²) in [5.74, 6) is -1.35. The lowest BCUT2D eigenvalue weighted by molar-refractivity contribution is -0.140. The first kappa shape index (κ1) is 15.5. The Bertz CT molecular complexity index is 662. The van der Waals surface area contributed by atoms with Crippen LogP contribution >= 0.6 is 0 Å². The zero-order valence-electron chi connectivity index (χ0n) is 11.5. The van der Waals surface area contributed by atoms with E-state index in [1.54, 1.807) is 19.1 Å². The Hall–Kier alpha value is -1.88. The molecule has 0 saturated heterocycles. The number of aliphatic hydroxyl groups excluding tert-OH is 1. The van der Waals surface area contributed by atoms with Gasteiger partial charge in [-0.2, -0.15) is 13.2 Å². The van der Waals surface area contributed by atoms with Gasteiger partial charge >= 0.3 is 6.18 Å². The maximum Gasteiger partial charge on any atom is 0.419 e. The summed E-state index contributed by atoms with van der Waals surface area (Å²) in [5, 5.41) is 10.3. The third kappa shape index (κ3) is 3.24. The highest BCUT2D eigenvalue weighted by molar-refractivity contribution is 5.39. The van der Waals surface area contributed by atoms with Gasteiger partial charge in [-0.1, -0.05) is 29.8 Å². The molecule has 1 nitrogen and oxygen atoms in total. The van der Waals surface area contributed by atoms with E-state index in [0.717, 1.165) is 23.3 Å². The molecular weight excluding hydrogens is 284 g/mol. The van der Waals surface area contributed by atoms with Crippen LogP contribution in [0.5, 0.6) is 0 Å². The molecule has 0 amide bonds. The summed E-state index contributed by atoms with van der Waals surface area (Å²) >= 11 is 0. The van der Waals surface area contributed by atoms with Crippen molar-refractivity contribution < 1.29 is 22.7 Å². The van der Waals surface area contributed by atoms with Gasteiger partial charge in [0.15, 0.2) is 0 Å². The first-order valence-corrected chi connectivity index (χ1v) is 6.32. The molecule has 2 aromatic carbocycles. The third-order valence-electron chi connectivity index (χ3n) is 3.33. The van der Waals surface area contributed by atoms with Gasteiger partial charge in [0.1, 0.15) is 11.9 Å². The molecule has 0 bridgehead atoms. The van der Waals surface area contributed by atoms with Gasteiger partial charge in [-0.15, -0.1) is 0 Å². The molecule has 0 heterocycles. The predicted octanol–water partition coefficient (Wildman–Crippen LogP) is 4.54. The van der Waals surface area contributed by atoms with E-state index in [2.05, 4.69) is 0 Å². The normalized spacial score (nSPS) is 13.3. The summed E-state index contributed by atoms with van der Waals surface area (Å²) in [6, 6.07) is 7.79. The van der Waals surface area contributed by atoms with E-state index in [-0.39, 0.29) is 5.56 Å². The highest BCUT2D eigenvalue weighted by Gasteiger charge is 2.34. The van der Waals surface area contributed by atoms with Crippen LogP contribution in [0, 0.1) is 19.7 Å². The van der Waals surface area contributed by atoms with Crippen LogP contribution in [0.2, 0.25) is 0 Å². The van der Waals surface area contributed by atoms with Gasteiger partial charge in [0, 0.05) is 0 Å².